The molecular formula is C21H20F3N3O5. The number of carboxylic acid groups (broad SMARTS) is 2. The Hall–Kier alpha value is -4.07. The number of carbonyl (C=O) groups excluding carboxylic acids is 1. The summed E-state index contributed by atoms with van der Waals surface area (Å²) in [5.74, 6) is -4.15. The molecule has 0 heterocycles. The Morgan fingerprint density at radius 1 is 1.09 bits per heavy atom. The third kappa shape index (κ3) is 7.98. The molecule has 0 saturated carbocycles. The maximum atomic E-state index is 12.3. The lowest BCUT2D eigenvalue weighted by molar-refractivity contribution is -0.192. The van der Waals surface area contributed by atoms with Gasteiger partial charge in [0, 0.05) is 24.8 Å². The van der Waals surface area contributed by atoms with E-state index in [1.807, 2.05) is 25.1 Å². The van der Waals surface area contributed by atoms with Crippen molar-refractivity contribution in [2.24, 2.45) is 0 Å². The van der Waals surface area contributed by atoms with Gasteiger partial charge in [-0.2, -0.15) is 18.4 Å². The lowest BCUT2D eigenvalue weighted by atomic mass is 10.1. The van der Waals surface area contributed by atoms with Crippen LogP contribution in [0.25, 0.3) is 0 Å². The third-order valence-electron chi connectivity index (χ3n) is 4.01. The fraction of sp³-hybridized carbons (Fsp3) is 0.238. The standard InChI is InChI=1S/C19H19N3O3.C2HF3O2/c1-13-4-6-14(7-5-13)18(23)21-15-8-9-17(16(12-15)19(24)25)22(2)11-3-10-20;3-2(4,5)1(6)7/h4-9,12H,3,11H2,1-2H3,(H,21,23)(H,24,25);(H,6,7). The second-order valence-corrected chi connectivity index (χ2v) is 6.49. The van der Waals surface area contributed by atoms with Crippen LogP contribution in [0.4, 0.5) is 24.5 Å². The van der Waals surface area contributed by atoms with Crippen molar-refractivity contribution in [1.82, 2.24) is 0 Å². The monoisotopic (exact) mass is 451 g/mol. The second kappa shape index (κ2) is 11.4. The summed E-state index contributed by atoms with van der Waals surface area (Å²) in [6.07, 6.45) is -4.79. The molecule has 32 heavy (non-hydrogen) atoms. The SMILES string of the molecule is Cc1ccc(C(=O)Nc2ccc(N(C)CCC#N)c(C(=O)O)c2)cc1.O=C(O)C(F)(F)F. The molecule has 0 atom stereocenters. The van der Waals surface area contributed by atoms with Gasteiger partial charge in [0.05, 0.1) is 23.7 Å². The lowest BCUT2D eigenvalue weighted by Gasteiger charge is -2.20. The molecule has 0 spiro atoms. The number of amides is 1. The molecule has 0 aliphatic carbocycles. The van der Waals surface area contributed by atoms with Gasteiger partial charge >= 0.3 is 18.1 Å². The van der Waals surface area contributed by atoms with Crippen LogP contribution in [0.5, 0.6) is 0 Å². The number of hydrogen-bond acceptors (Lipinski definition) is 5. The highest BCUT2D eigenvalue weighted by Gasteiger charge is 2.38. The summed E-state index contributed by atoms with van der Waals surface area (Å²) in [4.78, 5) is 34.4. The first-order valence-corrected chi connectivity index (χ1v) is 9.00. The van der Waals surface area contributed by atoms with E-state index in [1.54, 1.807) is 36.2 Å². The fourth-order valence-electron chi connectivity index (χ4n) is 2.36. The van der Waals surface area contributed by atoms with Gasteiger partial charge in [0.15, 0.2) is 0 Å². The molecule has 2 aromatic carbocycles. The summed E-state index contributed by atoms with van der Waals surface area (Å²) in [5.41, 5.74) is 2.52. The van der Waals surface area contributed by atoms with Crippen LogP contribution in [0.2, 0.25) is 0 Å². The smallest absolute Gasteiger partial charge is 0.478 e. The molecule has 170 valence electrons. The molecule has 0 bridgehead atoms. The average molecular weight is 451 g/mol. The summed E-state index contributed by atoms with van der Waals surface area (Å²) in [7, 11) is 1.73. The number of aromatic carboxylic acids is 1. The van der Waals surface area contributed by atoms with Gasteiger partial charge < -0.3 is 20.4 Å². The van der Waals surface area contributed by atoms with Crippen LogP contribution >= 0.6 is 0 Å². The molecule has 8 nitrogen and oxygen atoms in total. The van der Waals surface area contributed by atoms with Crippen molar-refractivity contribution < 1.29 is 37.8 Å². The highest BCUT2D eigenvalue weighted by molar-refractivity contribution is 6.05. The number of carbonyl (C=O) groups is 3. The molecule has 3 N–H and O–H groups in total. The van der Waals surface area contributed by atoms with Crippen molar-refractivity contribution >= 4 is 29.2 Å². The minimum Gasteiger partial charge on any atom is -0.478 e. The first-order valence-electron chi connectivity index (χ1n) is 9.00. The van der Waals surface area contributed by atoms with Crippen molar-refractivity contribution in [3.63, 3.8) is 0 Å². The first-order chi connectivity index (χ1) is 14.9. The number of hydrogen-bond donors (Lipinski definition) is 3. The number of aliphatic carboxylic acids is 1. The summed E-state index contributed by atoms with van der Waals surface area (Å²) >= 11 is 0. The van der Waals surface area contributed by atoms with Gasteiger partial charge in [0.2, 0.25) is 0 Å². The number of nitriles is 1. The van der Waals surface area contributed by atoms with Gasteiger partial charge in [-0.3, -0.25) is 4.79 Å². The number of anilines is 2. The predicted octanol–water partition coefficient (Wildman–Crippen LogP) is 3.93. The van der Waals surface area contributed by atoms with Crippen LogP contribution in [0, 0.1) is 18.3 Å². The van der Waals surface area contributed by atoms with E-state index in [1.165, 1.54) is 6.07 Å². The summed E-state index contributed by atoms with van der Waals surface area (Å²) in [5, 5.41) is 27.9. The van der Waals surface area contributed by atoms with E-state index in [2.05, 4.69) is 5.32 Å². The second-order valence-electron chi connectivity index (χ2n) is 6.49. The topological polar surface area (TPSA) is 131 Å². The van der Waals surface area contributed by atoms with Crippen LogP contribution in [0.1, 0.15) is 32.7 Å². The molecule has 0 aliphatic heterocycles. The maximum absolute atomic E-state index is 12.3. The quantitative estimate of drug-likeness (QED) is 0.607. The van der Waals surface area contributed by atoms with Gasteiger partial charge in [0.25, 0.3) is 5.91 Å². The molecule has 0 aromatic heterocycles. The van der Waals surface area contributed by atoms with Crippen molar-refractivity contribution in [2.75, 3.05) is 23.8 Å². The molecule has 0 unspecified atom stereocenters. The Balaban J connectivity index is 0.000000633. The van der Waals surface area contributed by atoms with Gasteiger partial charge in [-0.15, -0.1) is 0 Å². The van der Waals surface area contributed by atoms with Gasteiger partial charge in [0.1, 0.15) is 0 Å². The summed E-state index contributed by atoms with van der Waals surface area (Å²) in [6.45, 7) is 2.36. The Morgan fingerprint density at radius 3 is 2.12 bits per heavy atom. The van der Waals surface area contributed by atoms with Crippen LogP contribution < -0.4 is 10.2 Å². The summed E-state index contributed by atoms with van der Waals surface area (Å²) < 4.78 is 31.7. The Kier molecular flexibility index (Phi) is 9.21. The van der Waals surface area contributed by atoms with E-state index in [-0.39, 0.29) is 11.5 Å². The molecule has 0 aliphatic rings. The highest BCUT2D eigenvalue weighted by atomic mass is 19.4. The van der Waals surface area contributed by atoms with E-state index in [4.69, 9.17) is 15.2 Å². The molecule has 0 saturated heterocycles. The fourth-order valence-corrected chi connectivity index (χ4v) is 2.36. The predicted molar refractivity (Wildman–Crippen MR) is 110 cm³/mol. The zero-order valence-corrected chi connectivity index (χ0v) is 17.1. The minimum atomic E-state index is -5.08. The molecule has 11 heteroatoms. The normalized spacial score (nSPS) is 10.2. The number of aryl methyl sites for hydroxylation is 1. The van der Waals surface area contributed by atoms with Gasteiger partial charge in [-0.1, -0.05) is 17.7 Å². The lowest BCUT2D eigenvalue weighted by Crippen LogP contribution is -2.21. The minimum absolute atomic E-state index is 0.0714. The Bertz CT molecular complexity index is 1010. The highest BCUT2D eigenvalue weighted by Crippen LogP contribution is 2.24. The number of alkyl halides is 3. The molecule has 1 amide bonds. The largest absolute Gasteiger partial charge is 0.490 e. The number of rotatable bonds is 6. The summed E-state index contributed by atoms with van der Waals surface area (Å²) in [6, 6.07) is 13.8. The number of carboxylic acids is 2. The number of nitrogens with one attached hydrogen (secondary N) is 1. The molecule has 0 fully saturated rings. The average Bonchev–Trinajstić information content (AvgIpc) is 2.72. The van der Waals surface area contributed by atoms with E-state index in [0.717, 1.165) is 5.56 Å². The molecule has 2 aromatic rings. The zero-order valence-electron chi connectivity index (χ0n) is 17.1. The number of benzene rings is 2. The molecule has 2 rings (SSSR count). The molecule has 0 radical (unpaired) electrons. The van der Waals surface area contributed by atoms with Gasteiger partial charge in [-0.05, 0) is 37.3 Å². The first kappa shape index (κ1) is 26.0. The van der Waals surface area contributed by atoms with Crippen LogP contribution in [-0.2, 0) is 4.79 Å². The Morgan fingerprint density at radius 2 is 1.66 bits per heavy atom. The zero-order chi connectivity index (χ0) is 24.5. The van der Waals surface area contributed by atoms with E-state index >= 15 is 0 Å². The van der Waals surface area contributed by atoms with Crippen LogP contribution in [0.3, 0.4) is 0 Å². The Labute approximate surface area is 181 Å². The van der Waals surface area contributed by atoms with E-state index in [9.17, 15) is 27.9 Å². The van der Waals surface area contributed by atoms with Crippen LogP contribution in [-0.4, -0.2) is 47.8 Å². The van der Waals surface area contributed by atoms with E-state index < -0.39 is 18.1 Å². The number of nitrogens with zero attached hydrogens (tertiary/aromatic N) is 2. The number of halogens is 3. The molecular weight excluding hydrogens is 431 g/mol. The van der Waals surface area contributed by atoms with Crippen LogP contribution in [0.15, 0.2) is 42.5 Å². The van der Waals surface area contributed by atoms with Crippen molar-refractivity contribution in [2.45, 2.75) is 19.5 Å². The third-order valence-corrected chi connectivity index (χ3v) is 4.01. The van der Waals surface area contributed by atoms with Crippen molar-refractivity contribution in [3.05, 3.63) is 59.2 Å². The van der Waals surface area contributed by atoms with Crippen molar-refractivity contribution in [1.29, 1.82) is 5.26 Å². The van der Waals surface area contributed by atoms with Gasteiger partial charge in [-0.25, -0.2) is 9.59 Å². The van der Waals surface area contributed by atoms with Crippen molar-refractivity contribution in [3.8, 4) is 6.07 Å². The van der Waals surface area contributed by atoms with E-state index in [0.29, 0.717) is 29.9 Å². The maximum Gasteiger partial charge on any atom is 0.490 e.